The van der Waals surface area contributed by atoms with Crippen molar-refractivity contribution in [2.45, 2.75) is 58.5 Å². The van der Waals surface area contributed by atoms with Gasteiger partial charge in [0.25, 0.3) is 0 Å². The van der Waals surface area contributed by atoms with Gasteiger partial charge in [-0.25, -0.2) is 0 Å². The van der Waals surface area contributed by atoms with Crippen LogP contribution in [0, 0.1) is 0 Å². The SMILES string of the molecule is CCCO[SiH](CCCN(CC)[C@@H](CC(=O)O)C(=O)O)OCCC. The standard InChI is InChI=1S/C15H31NO6Si/c1-4-9-21-23(22-10-5-2)11-7-8-16(6-3)13(15(19)20)12-14(17)18/h13,23H,4-12H2,1-3H3,(H,17,18)(H,19,20)/t13-/m0/s1. The number of aliphatic carboxylic acids is 2. The zero-order chi connectivity index (χ0) is 17.7. The van der Waals surface area contributed by atoms with Gasteiger partial charge in [-0.05, 0) is 38.4 Å². The van der Waals surface area contributed by atoms with Crippen molar-refractivity contribution in [3.63, 3.8) is 0 Å². The Balaban J connectivity index is 4.43. The first-order valence-corrected chi connectivity index (χ1v) is 10.1. The third-order valence-corrected chi connectivity index (χ3v) is 5.50. The summed E-state index contributed by atoms with van der Waals surface area (Å²) in [5, 5.41) is 18.1. The molecule has 1 atom stereocenters. The molecule has 0 saturated carbocycles. The molecular formula is C15H31NO6Si. The molecule has 0 aliphatic rings. The molecule has 0 aromatic heterocycles. The Morgan fingerprint density at radius 2 is 1.65 bits per heavy atom. The number of nitrogens with zero attached hydrogens (tertiary/aromatic N) is 1. The van der Waals surface area contributed by atoms with Gasteiger partial charge < -0.3 is 19.1 Å². The molecule has 0 aromatic rings. The molecule has 8 heteroatoms. The first-order chi connectivity index (χ1) is 11.0. The van der Waals surface area contributed by atoms with E-state index in [-0.39, 0.29) is 6.42 Å². The number of rotatable bonds is 15. The fourth-order valence-electron chi connectivity index (χ4n) is 2.25. The van der Waals surface area contributed by atoms with Gasteiger partial charge in [-0.1, -0.05) is 20.8 Å². The number of hydrogen-bond acceptors (Lipinski definition) is 5. The zero-order valence-corrected chi connectivity index (χ0v) is 15.6. The predicted octanol–water partition coefficient (Wildman–Crippen LogP) is 1.70. The minimum Gasteiger partial charge on any atom is -0.481 e. The van der Waals surface area contributed by atoms with Crippen LogP contribution < -0.4 is 0 Å². The molecule has 0 saturated heterocycles. The van der Waals surface area contributed by atoms with Gasteiger partial charge in [-0.15, -0.1) is 0 Å². The molecule has 0 aliphatic heterocycles. The summed E-state index contributed by atoms with van der Waals surface area (Å²) >= 11 is 0. The van der Waals surface area contributed by atoms with Crippen molar-refractivity contribution < 1.29 is 28.7 Å². The van der Waals surface area contributed by atoms with Gasteiger partial charge in [-0.3, -0.25) is 14.5 Å². The number of carboxylic acid groups (broad SMARTS) is 2. The lowest BCUT2D eigenvalue weighted by atomic mass is 10.1. The van der Waals surface area contributed by atoms with Gasteiger partial charge in [0.05, 0.1) is 6.42 Å². The molecule has 0 radical (unpaired) electrons. The van der Waals surface area contributed by atoms with Crippen LogP contribution in [0.25, 0.3) is 0 Å². The van der Waals surface area contributed by atoms with Crippen LogP contribution in [0.4, 0.5) is 0 Å². The lowest BCUT2D eigenvalue weighted by molar-refractivity contribution is -0.149. The van der Waals surface area contributed by atoms with Crippen LogP contribution in [-0.2, 0) is 18.4 Å². The lowest BCUT2D eigenvalue weighted by Crippen LogP contribution is -2.43. The van der Waals surface area contributed by atoms with E-state index in [4.69, 9.17) is 14.0 Å². The van der Waals surface area contributed by atoms with Crippen LogP contribution in [0.3, 0.4) is 0 Å². The second-order valence-electron chi connectivity index (χ2n) is 5.39. The van der Waals surface area contributed by atoms with Crippen molar-refractivity contribution in [1.29, 1.82) is 0 Å². The Labute approximate surface area is 140 Å². The average Bonchev–Trinajstić information content (AvgIpc) is 2.51. The monoisotopic (exact) mass is 349 g/mol. The quantitative estimate of drug-likeness (QED) is 0.434. The second-order valence-corrected chi connectivity index (χ2v) is 7.50. The molecule has 0 spiro atoms. The second kappa shape index (κ2) is 13.5. The summed E-state index contributed by atoms with van der Waals surface area (Å²) in [7, 11) is -1.71. The molecule has 0 unspecified atom stereocenters. The number of hydrogen-bond donors (Lipinski definition) is 2. The van der Waals surface area contributed by atoms with Crippen LogP contribution in [0.2, 0.25) is 6.04 Å². The number of carboxylic acids is 2. The Bertz CT molecular complexity index is 334. The molecule has 0 aromatic carbocycles. The zero-order valence-electron chi connectivity index (χ0n) is 14.5. The van der Waals surface area contributed by atoms with Crippen molar-refractivity contribution in [1.82, 2.24) is 4.90 Å². The fraction of sp³-hybridized carbons (Fsp3) is 0.867. The van der Waals surface area contributed by atoms with Crippen LogP contribution in [-0.4, -0.2) is 68.7 Å². The van der Waals surface area contributed by atoms with Crippen LogP contribution in [0.1, 0.15) is 46.5 Å². The maximum absolute atomic E-state index is 11.3. The molecule has 0 aliphatic carbocycles. The molecule has 0 amide bonds. The summed E-state index contributed by atoms with van der Waals surface area (Å²) in [5.74, 6) is -2.19. The molecule has 7 nitrogen and oxygen atoms in total. The van der Waals surface area contributed by atoms with Gasteiger partial charge >= 0.3 is 21.2 Å². The summed E-state index contributed by atoms with van der Waals surface area (Å²) < 4.78 is 11.5. The molecular weight excluding hydrogens is 318 g/mol. The van der Waals surface area contributed by atoms with Crippen molar-refractivity contribution in [2.24, 2.45) is 0 Å². The number of carbonyl (C=O) groups is 2. The highest BCUT2D eigenvalue weighted by molar-refractivity contribution is 6.44. The summed E-state index contributed by atoms with van der Waals surface area (Å²) in [5.41, 5.74) is 0. The smallest absolute Gasteiger partial charge is 0.321 e. The third-order valence-electron chi connectivity index (χ3n) is 3.40. The van der Waals surface area contributed by atoms with Gasteiger partial charge in [0, 0.05) is 13.2 Å². The molecule has 2 N–H and O–H groups in total. The van der Waals surface area contributed by atoms with Crippen molar-refractivity contribution in [2.75, 3.05) is 26.3 Å². The molecule has 23 heavy (non-hydrogen) atoms. The normalized spacial score (nSPS) is 12.7. The molecule has 0 rings (SSSR count). The van der Waals surface area contributed by atoms with E-state index in [1.54, 1.807) is 4.90 Å². The highest BCUT2D eigenvalue weighted by Gasteiger charge is 2.27. The maximum atomic E-state index is 11.3. The van der Waals surface area contributed by atoms with Gasteiger partial charge in [0.2, 0.25) is 0 Å². The van der Waals surface area contributed by atoms with Gasteiger partial charge in [-0.2, -0.15) is 0 Å². The summed E-state index contributed by atoms with van der Waals surface area (Å²) in [6.45, 7) is 8.36. The predicted molar refractivity (Wildman–Crippen MR) is 90.0 cm³/mol. The van der Waals surface area contributed by atoms with E-state index >= 15 is 0 Å². The van der Waals surface area contributed by atoms with E-state index in [9.17, 15) is 14.7 Å². The van der Waals surface area contributed by atoms with E-state index in [0.717, 1.165) is 25.3 Å². The molecule has 0 heterocycles. The Hall–Kier alpha value is -0.963. The highest BCUT2D eigenvalue weighted by Crippen LogP contribution is 2.10. The van der Waals surface area contributed by atoms with Crippen molar-refractivity contribution >= 4 is 21.2 Å². The van der Waals surface area contributed by atoms with Crippen molar-refractivity contribution in [3.8, 4) is 0 Å². The van der Waals surface area contributed by atoms with Gasteiger partial charge in [0.15, 0.2) is 0 Å². The Kier molecular flexibility index (Phi) is 12.9. The summed E-state index contributed by atoms with van der Waals surface area (Å²) in [4.78, 5) is 23.8. The van der Waals surface area contributed by atoms with Crippen molar-refractivity contribution in [3.05, 3.63) is 0 Å². The fourth-order valence-corrected chi connectivity index (χ4v) is 4.19. The van der Waals surface area contributed by atoms with E-state index < -0.39 is 27.3 Å². The molecule has 0 bridgehead atoms. The number of likely N-dealkylation sites (N-methyl/N-ethyl adjacent to an activating group) is 1. The molecule has 136 valence electrons. The third kappa shape index (κ3) is 10.4. The topological polar surface area (TPSA) is 96.3 Å². The van der Waals surface area contributed by atoms with E-state index in [0.29, 0.717) is 26.3 Å². The first kappa shape index (κ1) is 22.0. The van der Waals surface area contributed by atoms with E-state index in [1.165, 1.54) is 0 Å². The van der Waals surface area contributed by atoms with Gasteiger partial charge in [0.1, 0.15) is 6.04 Å². The van der Waals surface area contributed by atoms with E-state index in [2.05, 4.69) is 0 Å². The average molecular weight is 350 g/mol. The van der Waals surface area contributed by atoms with Crippen LogP contribution >= 0.6 is 0 Å². The summed E-state index contributed by atoms with van der Waals surface area (Å²) in [6, 6.07) is -0.179. The highest BCUT2D eigenvalue weighted by atomic mass is 28.3. The minimum atomic E-state index is -1.71. The van der Waals surface area contributed by atoms with Crippen LogP contribution in [0.15, 0.2) is 0 Å². The largest absolute Gasteiger partial charge is 0.481 e. The first-order valence-electron chi connectivity index (χ1n) is 8.37. The Morgan fingerprint density at radius 1 is 1.09 bits per heavy atom. The summed E-state index contributed by atoms with van der Waals surface area (Å²) in [6.07, 6.45) is 2.25. The maximum Gasteiger partial charge on any atom is 0.321 e. The Morgan fingerprint density at radius 3 is 2.04 bits per heavy atom. The molecule has 0 fully saturated rings. The minimum absolute atomic E-state index is 0.386. The lowest BCUT2D eigenvalue weighted by Gasteiger charge is -2.27. The van der Waals surface area contributed by atoms with E-state index in [1.807, 2.05) is 20.8 Å². The van der Waals surface area contributed by atoms with Crippen LogP contribution in [0.5, 0.6) is 0 Å².